The molecule has 0 aromatic heterocycles. The molecular formula is C43H71N5O8. The lowest BCUT2D eigenvalue weighted by atomic mass is 9.87. The lowest BCUT2D eigenvalue weighted by molar-refractivity contribution is -0.159. The summed E-state index contributed by atoms with van der Waals surface area (Å²) in [7, 11) is 5.01. The van der Waals surface area contributed by atoms with E-state index in [0.29, 0.717) is 19.4 Å². The number of esters is 1. The highest BCUT2D eigenvalue weighted by Gasteiger charge is 2.45. The molecule has 13 nitrogen and oxygen atoms in total. The molecule has 13 heteroatoms. The standard InChI is InChI=1S/C43H71N5O8/c1-13-28(4)36(47(10)35(27(2)3)39(51)46-41(53)43(9)22-18-23-44-43)33(54-11)26-34(49)48-24-17-21-32(48)37(55-12)29(5)38(50)45-31(40(52)56-42(6,7)8)25-30-19-15-14-16-20-30/h14-16,19-20,27-29,31-33,35-37,44H,13,17-18,21-26H2,1-12H3,(H,45,50)(H,46,51,53)/t28-,29+,31-,32-,33+,35-,36-,37+,43-/m0/s1. The number of carbonyl (C=O) groups is 5. The van der Waals surface area contributed by atoms with Gasteiger partial charge in [0.15, 0.2) is 0 Å². The van der Waals surface area contributed by atoms with Crippen LogP contribution in [0.1, 0.15) is 106 Å². The normalized spacial score (nSPS) is 22.5. The van der Waals surface area contributed by atoms with Crippen LogP contribution in [0.2, 0.25) is 0 Å². The maximum absolute atomic E-state index is 14.3. The number of imide groups is 1. The molecule has 0 spiro atoms. The molecule has 0 radical (unpaired) electrons. The van der Waals surface area contributed by atoms with Crippen molar-refractivity contribution in [1.29, 1.82) is 0 Å². The second-order valence-corrected chi connectivity index (χ2v) is 17.5. The van der Waals surface area contributed by atoms with Crippen LogP contribution in [0.3, 0.4) is 0 Å². The Kier molecular flexibility index (Phi) is 17.5. The Bertz CT molecular complexity index is 1460. The van der Waals surface area contributed by atoms with Crippen LogP contribution in [0, 0.1) is 17.8 Å². The van der Waals surface area contributed by atoms with E-state index in [1.807, 2.05) is 63.1 Å². The average molecular weight is 786 g/mol. The fourth-order valence-corrected chi connectivity index (χ4v) is 8.47. The number of nitrogens with one attached hydrogen (secondary N) is 3. The van der Waals surface area contributed by atoms with Crippen molar-refractivity contribution in [1.82, 2.24) is 25.8 Å². The number of rotatable bonds is 19. The van der Waals surface area contributed by atoms with Crippen LogP contribution in [-0.2, 0) is 44.6 Å². The number of likely N-dealkylation sites (N-methyl/N-ethyl adjacent to an activating group) is 1. The third kappa shape index (κ3) is 12.3. The third-order valence-corrected chi connectivity index (χ3v) is 11.7. The van der Waals surface area contributed by atoms with Crippen LogP contribution in [0.15, 0.2) is 30.3 Å². The first-order valence-electron chi connectivity index (χ1n) is 20.5. The van der Waals surface area contributed by atoms with E-state index in [0.717, 1.165) is 31.4 Å². The number of benzene rings is 1. The summed E-state index contributed by atoms with van der Waals surface area (Å²) in [4.78, 5) is 72.4. The van der Waals surface area contributed by atoms with Gasteiger partial charge in [-0.1, -0.05) is 71.4 Å². The summed E-state index contributed by atoms with van der Waals surface area (Å²) >= 11 is 0. The molecule has 0 saturated carbocycles. The third-order valence-electron chi connectivity index (χ3n) is 11.7. The summed E-state index contributed by atoms with van der Waals surface area (Å²) in [5.41, 5.74) is -0.650. The number of carbonyl (C=O) groups excluding carboxylic acids is 5. The molecule has 1 aromatic carbocycles. The van der Waals surface area contributed by atoms with Gasteiger partial charge in [0.25, 0.3) is 0 Å². The Morgan fingerprint density at radius 2 is 1.66 bits per heavy atom. The molecule has 316 valence electrons. The average Bonchev–Trinajstić information content (AvgIpc) is 3.81. The maximum atomic E-state index is 14.3. The van der Waals surface area contributed by atoms with Crippen LogP contribution in [0.4, 0.5) is 0 Å². The minimum atomic E-state index is -0.917. The van der Waals surface area contributed by atoms with Crippen molar-refractivity contribution in [2.75, 3.05) is 34.4 Å². The number of methoxy groups -OCH3 is 2. The van der Waals surface area contributed by atoms with Crippen molar-refractivity contribution in [3.63, 3.8) is 0 Å². The molecule has 1 aromatic rings. The van der Waals surface area contributed by atoms with Crippen LogP contribution in [-0.4, -0.2) is 121 Å². The van der Waals surface area contributed by atoms with E-state index in [-0.39, 0.29) is 60.4 Å². The predicted molar refractivity (Wildman–Crippen MR) is 216 cm³/mol. The fraction of sp³-hybridized carbons (Fsp3) is 0.744. The Morgan fingerprint density at radius 3 is 2.20 bits per heavy atom. The van der Waals surface area contributed by atoms with Crippen molar-refractivity contribution in [3.8, 4) is 0 Å². The van der Waals surface area contributed by atoms with Gasteiger partial charge < -0.3 is 29.7 Å². The molecule has 56 heavy (non-hydrogen) atoms. The molecule has 2 fully saturated rings. The van der Waals surface area contributed by atoms with Crippen molar-refractivity contribution in [2.24, 2.45) is 17.8 Å². The molecule has 3 rings (SSSR count). The van der Waals surface area contributed by atoms with Crippen LogP contribution in [0.25, 0.3) is 0 Å². The summed E-state index contributed by atoms with van der Waals surface area (Å²) < 4.78 is 17.8. The summed E-state index contributed by atoms with van der Waals surface area (Å²) in [6.07, 6.45) is 2.77. The van der Waals surface area contributed by atoms with Gasteiger partial charge in [-0.05, 0) is 84.4 Å². The van der Waals surface area contributed by atoms with Gasteiger partial charge in [0.1, 0.15) is 11.6 Å². The molecule has 2 saturated heterocycles. The number of amides is 4. The molecule has 0 aliphatic carbocycles. The minimum Gasteiger partial charge on any atom is -0.458 e. The van der Waals surface area contributed by atoms with Crippen LogP contribution in [0.5, 0.6) is 0 Å². The topological polar surface area (TPSA) is 156 Å². The van der Waals surface area contributed by atoms with E-state index in [1.54, 1.807) is 46.8 Å². The maximum Gasteiger partial charge on any atom is 0.329 e. The Balaban J connectivity index is 1.80. The molecule has 4 amide bonds. The van der Waals surface area contributed by atoms with Gasteiger partial charge >= 0.3 is 5.97 Å². The lowest BCUT2D eigenvalue weighted by Crippen LogP contribution is -2.61. The molecule has 0 bridgehead atoms. The number of hydrogen-bond acceptors (Lipinski definition) is 10. The molecule has 3 N–H and O–H groups in total. The Hall–Kier alpha value is -3.39. The second-order valence-electron chi connectivity index (χ2n) is 17.5. The molecular weight excluding hydrogens is 714 g/mol. The minimum absolute atomic E-state index is 0.0372. The van der Waals surface area contributed by atoms with Gasteiger partial charge in [-0.3, -0.25) is 29.4 Å². The molecule has 2 heterocycles. The number of likely N-dealkylation sites (tertiary alicyclic amines) is 1. The van der Waals surface area contributed by atoms with Crippen molar-refractivity contribution >= 4 is 29.6 Å². The SMILES string of the molecule is CC[C@H](C)[C@@H]([C@@H](CC(=O)N1CCC[C@H]1[C@H](OC)[C@@H](C)C(=O)N[C@@H](Cc1ccccc1)C(=O)OC(C)(C)C)OC)N(C)[C@H](C(=O)NC(=O)[C@]1(C)CCCN1)C(C)C. The highest BCUT2D eigenvalue weighted by molar-refractivity contribution is 6.02. The van der Waals surface area contributed by atoms with Crippen LogP contribution >= 0.6 is 0 Å². The first-order chi connectivity index (χ1) is 26.3. The number of hydrogen-bond donors (Lipinski definition) is 3. The monoisotopic (exact) mass is 786 g/mol. The van der Waals surface area contributed by atoms with Gasteiger partial charge in [0.2, 0.25) is 23.6 Å². The highest BCUT2D eigenvalue weighted by atomic mass is 16.6. The largest absolute Gasteiger partial charge is 0.458 e. The van der Waals surface area contributed by atoms with E-state index in [2.05, 4.69) is 29.8 Å². The quantitative estimate of drug-likeness (QED) is 0.174. The van der Waals surface area contributed by atoms with E-state index in [4.69, 9.17) is 14.2 Å². The number of ether oxygens (including phenoxy) is 3. The molecule has 2 aliphatic rings. The van der Waals surface area contributed by atoms with E-state index in [1.165, 1.54) is 0 Å². The first-order valence-corrected chi connectivity index (χ1v) is 20.5. The molecule has 0 unspecified atom stereocenters. The smallest absolute Gasteiger partial charge is 0.329 e. The molecule has 9 atom stereocenters. The summed E-state index contributed by atoms with van der Waals surface area (Å²) in [6, 6.07) is 7.17. The second kappa shape index (κ2) is 20.9. The zero-order valence-corrected chi connectivity index (χ0v) is 36.1. The number of nitrogens with zero attached hydrogens (tertiary/aromatic N) is 2. The zero-order valence-electron chi connectivity index (χ0n) is 36.1. The van der Waals surface area contributed by atoms with Gasteiger partial charge in [-0.15, -0.1) is 0 Å². The first kappa shape index (κ1) is 47.0. The predicted octanol–water partition coefficient (Wildman–Crippen LogP) is 4.26. The van der Waals surface area contributed by atoms with Gasteiger partial charge in [0, 0.05) is 33.2 Å². The fourth-order valence-electron chi connectivity index (χ4n) is 8.47. The lowest BCUT2D eigenvalue weighted by Gasteiger charge is -2.43. The van der Waals surface area contributed by atoms with Gasteiger partial charge in [0.05, 0.1) is 42.2 Å². The van der Waals surface area contributed by atoms with E-state index >= 15 is 0 Å². The Morgan fingerprint density at radius 1 is 1.00 bits per heavy atom. The van der Waals surface area contributed by atoms with Crippen molar-refractivity contribution in [2.45, 2.75) is 155 Å². The van der Waals surface area contributed by atoms with E-state index in [9.17, 15) is 24.0 Å². The Labute approximate surface area is 335 Å². The van der Waals surface area contributed by atoms with Crippen molar-refractivity contribution < 1.29 is 38.2 Å². The summed E-state index contributed by atoms with van der Waals surface area (Å²) in [5.74, 6) is -2.53. The summed E-state index contributed by atoms with van der Waals surface area (Å²) in [5, 5.41) is 8.86. The van der Waals surface area contributed by atoms with Gasteiger partial charge in [-0.25, -0.2) is 4.79 Å². The zero-order chi connectivity index (χ0) is 42.0. The van der Waals surface area contributed by atoms with Crippen LogP contribution < -0.4 is 16.0 Å². The molecule has 2 aliphatic heterocycles. The van der Waals surface area contributed by atoms with Crippen molar-refractivity contribution in [3.05, 3.63) is 35.9 Å². The summed E-state index contributed by atoms with van der Waals surface area (Å²) in [6.45, 7) is 18.2. The van der Waals surface area contributed by atoms with E-state index < -0.39 is 47.3 Å². The van der Waals surface area contributed by atoms with Gasteiger partial charge in [-0.2, -0.15) is 0 Å². The highest BCUT2D eigenvalue weighted by Crippen LogP contribution is 2.31.